The van der Waals surface area contributed by atoms with Crippen molar-refractivity contribution in [1.29, 1.82) is 0 Å². The summed E-state index contributed by atoms with van der Waals surface area (Å²) in [7, 11) is 0. The molecule has 0 aromatic heterocycles. The van der Waals surface area contributed by atoms with Crippen LogP contribution in [-0.2, 0) is 20.9 Å². The van der Waals surface area contributed by atoms with Gasteiger partial charge in [-0.15, -0.1) is 0 Å². The van der Waals surface area contributed by atoms with Crippen molar-refractivity contribution in [2.45, 2.75) is 26.8 Å². The quantitative estimate of drug-likeness (QED) is 0.827. The van der Waals surface area contributed by atoms with Crippen LogP contribution in [0, 0.1) is 19.8 Å². The molecule has 2 fully saturated rings. The van der Waals surface area contributed by atoms with E-state index in [1.807, 2.05) is 56.3 Å². The highest BCUT2D eigenvalue weighted by Crippen LogP contribution is 2.29. The zero-order valence-electron chi connectivity index (χ0n) is 17.2. The maximum absolute atomic E-state index is 12.7. The number of rotatable bonds is 5. The Morgan fingerprint density at radius 2 is 1.93 bits per heavy atom. The Morgan fingerprint density at radius 1 is 1.13 bits per heavy atom. The number of carbonyl (C=O) groups excluding carboxylic acids is 3. The van der Waals surface area contributed by atoms with E-state index in [1.54, 1.807) is 9.80 Å². The third-order valence-corrected chi connectivity index (χ3v) is 5.81. The molecule has 1 N–H and O–H groups in total. The van der Waals surface area contributed by atoms with Gasteiger partial charge in [0.05, 0.1) is 12.5 Å². The summed E-state index contributed by atoms with van der Waals surface area (Å²) in [5.41, 5.74) is 4.69. The number of hydrogen-bond donors (Lipinski definition) is 1. The minimum atomic E-state index is -0.380. The van der Waals surface area contributed by atoms with Crippen molar-refractivity contribution < 1.29 is 19.1 Å². The third-order valence-electron chi connectivity index (χ3n) is 5.81. The van der Waals surface area contributed by atoms with Crippen molar-refractivity contribution in [3.05, 3.63) is 59.2 Å². The van der Waals surface area contributed by atoms with Gasteiger partial charge in [0.1, 0.15) is 6.61 Å². The first kappa shape index (κ1) is 19.9. The van der Waals surface area contributed by atoms with Crippen molar-refractivity contribution in [2.24, 2.45) is 5.92 Å². The molecule has 2 aliphatic rings. The van der Waals surface area contributed by atoms with E-state index < -0.39 is 0 Å². The molecule has 7 heteroatoms. The molecule has 4 rings (SSSR count). The van der Waals surface area contributed by atoms with Crippen molar-refractivity contribution in [3.63, 3.8) is 0 Å². The Bertz CT molecular complexity index is 1000. The van der Waals surface area contributed by atoms with Gasteiger partial charge in [-0.25, -0.2) is 4.79 Å². The third kappa shape index (κ3) is 3.87. The summed E-state index contributed by atoms with van der Waals surface area (Å²) >= 11 is 0. The number of benzene rings is 2. The van der Waals surface area contributed by atoms with Crippen molar-refractivity contribution in [2.75, 3.05) is 29.5 Å². The molecule has 2 saturated heterocycles. The van der Waals surface area contributed by atoms with Gasteiger partial charge in [-0.1, -0.05) is 24.3 Å². The fourth-order valence-corrected chi connectivity index (χ4v) is 3.94. The molecule has 1 atom stereocenters. The van der Waals surface area contributed by atoms with E-state index in [1.165, 1.54) is 0 Å². The maximum atomic E-state index is 12.7. The highest BCUT2D eigenvalue weighted by atomic mass is 16.6. The lowest BCUT2D eigenvalue weighted by molar-refractivity contribution is -0.126. The van der Waals surface area contributed by atoms with Crippen LogP contribution in [0.3, 0.4) is 0 Å². The molecule has 2 aromatic rings. The molecule has 30 heavy (non-hydrogen) atoms. The molecule has 0 radical (unpaired) electrons. The topological polar surface area (TPSA) is 79.0 Å². The van der Waals surface area contributed by atoms with E-state index in [-0.39, 0.29) is 30.2 Å². The molecule has 1 unspecified atom stereocenters. The normalized spacial score (nSPS) is 18.7. The van der Waals surface area contributed by atoms with Crippen LogP contribution >= 0.6 is 0 Å². The molecule has 2 heterocycles. The van der Waals surface area contributed by atoms with Crippen LogP contribution in [0.2, 0.25) is 0 Å². The molecule has 0 aliphatic carbocycles. The van der Waals surface area contributed by atoms with E-state index in [2.05, 4.69) is 5.32 Å². The number of ether oxygens (including phenoxy) is 1. The minimum absolute atomic E-state index is 0.0293. The van der Waals surface area contributed by atoms with E-state index >= 15 is 0 Å². The first-order valence-electron chi connectivity index (χ1n) is 10.1. The Kier molecular flexibility index (Phi) is 5.44. The number of hydrogen-bond acceptors (Lipinski definition) is 4. The van der Waals surface area contributed by atoms with Crippen LogP contribution in [0.1, 0.15) is 23.1 Å². The number of amides is 3. The van der Waals surface area contributed by atoms with Gasteiger partial charge < -0.3 is 15.0 Å². The summed E-state index contributed by atoms with van der Waals surface area (Å²) in [4.78, 5) is 40.3. The summed E-state index contributed by atoms with van der Waals surface area (Å²) in [5, 5.41) is 2.94. The van der Waals surface area contributed by atoms with Crippen molar-refractivity contribution in [1.82, 2.24) is 5.32 Å². The Balaban J connectivity index is 1.39. The van der Waals surface area contributed by atoms with Gasteiger partial charge in [-0.05, 0) is 48.7 Å². The monoisotopic (exact) mass is 407 g/mol. The lowest BCUT2D eigenvalue weighted by Crippen LogP contribution is -2.33. The molecule has 2 aromatic carbocycles. The highest BCUT2D eigenvalue weighted by Gasteiger charge is 2.35. The molecule has 2 aliphatic heterocycles. The van der Waals surface area contributed by atoms with E-state index in [0.717, 1.165) is 28.1 Å². The predicted octanol–water partition coefficient (Wildman–Crippen LogP) is 2.93. The average Bonchev–Trinajstić information content (AvgIpc) is 3.34. The van der Waals surface area contributed by atoms with Gasteiger partial charge in [0.2, 0.25) is 11.8 Å². The first-order chi connectivity index (χ1) is 14.4. The van der Waals surface area contributed by atoms with Gasteiger partial charge in [-0.3, -0.25) is 14.5 Å². The summed E-state index contributed by atoms with van der Waals surface area (Å²) in [6.07, 6.45) is -0.147. The highest BCUT2D eigenvalue weighted by molar-refractivity contribution is 6.01. The zero-order valence-corrected chi connectivity index (χ0v) is 17.2. The molecule has 0 bridgehead atoms. The zero-order chi connectivity index (χ0) is 21.3. The Morgan fingerprint density at radius 3 is 2.70 bits per heavy atom. The summed E-state index contributed by atoms with van der Waals surface area (Å²) in [6.45, 7) is 5.63. The number of carbonyl (C=O) groups is 3. The number of cyclic esters (lactones) is 1. The number of nitrogens with one attached hydrogen (secondary N) is 1. The van der Waals surface area contributed by atoms with Crippen molar-refractivity contribution >= 4 is 29.3 Å². The maximum Gasteiger partial charge on any atom is 0.414 e. The van der Waals surface area contributed by atoms with E-state index in [0.29, 0.717) is 26.2 Å². The largest absolute Gasteiger partial charge is 0.447 e. The SMILES string of the molecule is Cc1cccc(N2CC(C(=O)NCc3cccc(N4CCOC4=O)c3)CC2=O)c1C. The minimum Gasteiger partial charge on any atom is -0.447 e. The Hall–Kier alpha value is -3.35. The second-order valence-corrected chi connectivity index (χ2v) is 7.78. The van der Waals surface area contributed by atoms with Crippen LogP contribution < -0.4 is 15.1 Å². The van der Waals surface area contributed by atoms with Gasteiger partial charge in [-0.2, -0.15) is 0 Å². The van der Waals surface area contributed by atoms with Crippen LogP contribution in [0.15, 0.2) is 42.5 Å². The smallest absolute Gasteiger partial charge is 0.414 e. The van der Waals surface area contributed by atoms with E-state index in [9.17, 15) is 14.4 Å². The predicted molar refractivity (Wildman–Crippen MR) is 113 cm³/mol. The second kappa shape index (κ2) is 8.18. The van der Waals surface area contributed by atoms with Gasteiger partial charge >= 0.3 is 6.09 Å². The van der Waals surface area contributed by atoms with Crippen LogP contribution in [0.5, 0.6) is 0 Å². The fraction of sp³-hybridized carbons (Fsp3) is 0.348. The van der Waals surface area contributed by atoms with Crippen molar-refractivity contribution in [3.8, 4) is 0 Å². The standard InChI is InChI=1S/C23H25N3O4/c1-15-5-3-8-20(16(15)2)26-14-18(12-21(26)27)22(28)24-13-17-6-4-7-19(11-17)25-9-10-30-23(25)29/h3-8,11,18H,9-10,12-14H2,1-2H3,(H,24,28). The van der Waals surface area contributed by atoms with Crippen LogP contribution in [0.25, 0.3) is 0 Å². The summed E-state index contributed by atoms with van der Waals surface area (Å²) in [5.74, 6) is -0.547. The molecule has 3 amide bonds. The summed E-state index contributed by atoms with van der Waals surface area (Å²) in [6, 6.07) is 13.3. The number of anilines is 2. The number of aryl methyl sites for hydroxylation is 1. The number of nitrogens with zero attached hydrogens (tertiary/aromatic N) is 2. The lowest BCUT2D eigenvalue weighted by Gasteiger charge is -2.20. The van der Waals surface area contributed by atoms with Gasteiger partial charge in [0.15, 0.2) is 0 Å². The van der Waals surface area contributed by atoms with E-state index in [4.69, 9.17) is 4.74 Å². The second-order valence-electron chi connectivity index (χ2n) is 7.78. The Labute approximate surface area is 175 Å². The fourth-order valence-electron chi connectivity index (χ4n) is 3.94. The van der Waals surface area contributed by atoms with Crippen LogP contribution in [-0.4, -0.2) is 37.6 Å². The average molecular weight is 407 g/mol. The molecule has 156 valence electrons. The lowest BCUT2D eigenvalue weighted by atomic mass is 10.1. The van der Waals surface area contributed by atoms with Gasteiger partial charge in [0, 0.05) is 30.9 Å². The molecular weight excluding hydrogens is 382 g/mol. The molecule has 0 spiro atoms. The molecule has 0 saturated carbocycles. The first-order valence-corrected chi connectivity index (χ1v) is 10.1. The van der Waals surface area contributed by atoms with Gasteiger partial charge in [0.25, 0.3) is 0 Å². The molecular formula is C23H25N3O4. The van der Waals surface area contributed by atoms with Crippen LogP contribution in [0.4, 0.5) is 16.2 Å². The summed E-state index contributed by atoms with van der Waals surface area (Å²) < 4.78 is 4.98. The molecule has 7 nitrogen and oxygen atoms in total.